The van der Waals surface area contributed by atoms with Crippen molar-refractivity contribution in [2.45, 2.75) is 46.6 Å². The van der Waals surface area contributed by atoms with Crippen molar-refractivity contribution in [2.24, 2.45) is 5.92 Å². The molecule has 0 aliphatic heterocycles. The number of thiophene rings is 1. The van der Waals surface area contributed by atoms with E-state index in [9.17, 15) is 4.79 Å². The summed E-state index contributed by atoms with van der Waals surface area (Å²) >= 11 is 1.45. The molecule has 0 spiro atoms. The quantitative estimate of drug-likeness (QED) is 0.819. The van der Waals surface area contributed by atoms with Crippen molar-refractivity contribution in [3.05, 3.63) is 21.9 Å². The molecule has 0 fully saturated rings. The van der Waals surface area contributed by atoms with Gasteiger partial charge in [-0.1, -0.05) is 39.5 Å². The standard InChI is InChI=1S/C17H25NO2S/c1-5-15(6-2)18(11-13(3)4)17(20)14-10-16(21-12-14)8-7-9-19/h10,12-13,15,19H,5-6,9,11H2,1-4H3. The number of hydrogen-bond acceptors (Lipinski definition) is 3. The van der Waals surface area contributed by atoms with Gasteiger partial charge in [-0.05, 0) is 24.8 Å². The molecule has 116 valence electrons. The molecule has 0 atom stereocenters. The highest BCUT2D eigenvalue weighted by molar-refractivity contribution is 7.10. The lowest BCUT2D eigenvalue weighted by Gasteiger charge is -2.32. The lowest BCUT2D eigenvalue weighted by Crippen LogP contribution is -2.41. The Morgan fingerprint density at radius 3 is 2.57 bits per heavy atom. The average Bonchev–Trinajstić information content (AvgIpc) is 2.93. The highest BCUT2D eigenvalue weighted by atomic mass is 32.1. The van der Waals surface area contributed by atoms with E-state index in [0.717, 1.165) is 24.3 Å². The summed E-state index contributed by atoms with van der Waals surface area (Å²) in [5.41, 5.74) is 0.704. The smallest absolute Gasteiger partial charge is 0.255 e. The second-order valence-corrected chi connectivity index (χ2v) is 6.39. The number of carbonyl (C=O) groups excluding carboxylic acids is 1. The average molecular weight is 307 g/mol. The summed E-state index contributed by atoms with van der Waals surface area (Å²) in [6.07, 6.45) is 1.94. The van der Waals surface area contributed by atoms with Crippen LogP contribution in [0.3, 0.4) is 0 Å². The lowest BCUT2D eigenvalue weighted by molar-refractivity contribution is 0.0641. The second kappa shape index (κ2) is 8.86. The highest BCUT2D eigenvalue weighted by Gasteiger charge is 2.23. The van der Waals surface area contributed by atoms with Gasteiger partial charge < -0.3 is 10.0 Å². The molecule has 4 heteroatoms. The molecule has 0 aromatic carbocycles. The maximum atomic E-state index is 12.8. The van der Waals surface area contributed by atoms with Crippen LogP contribution in [0.1, 0.15) is 55.8 Å². The third kappa shape index (κ3) is 5.18. The minimum Gasteiger partial charge on any atom is -0.384 e. The van der Waals surface area contributed by atoms with E-state index in [1.54, 1.807) is 0 Å². The molecule has 1 aromatic rings. The zero-order valence-corrected chi connectivity index (χ0v) is 14.2. The molecule has 1 rings (SSSR count). The van der Waals surface area contributed by atoms with E-state index in [1.807, 2.05) is 16.3 Å². The predicted octanol–water partition coefficient (Wildman–Crippen LogP) is 3.38. The molecule has 0 radical (unpaired) electrons. The van der Waals surface area contributed by atoms with Crippen molar-refractivity contribution in [2.75, 3.05) is 13.2 Å². The van der Waals surface area contributed by atoms with Crippen LogP contribution < -0.4 is 0 Å². The maximum absolute atomic E-state index is 12.8. The molecule has 0 aliphatic rings. The minimum atomic E-state index is -0.158. The molecule has 3 nitrogen and oxygen atoms in total. The summed E-state index contributed by atoms with van der Waals surface area (Å²) in [6.45, 7) is 9.14. The Kier molecular flexibility index (Phi) is 7.49. The number of nitrogens with zero attached hydrogens (tertiary/aromatic N) is 1. The Bertz CT molecular complexity index is 506. The largest absolute Gasteiger partial charge is 0.384 e. The molecule has 0 saturated carbocycles. The molecular weight excluding hydrogens is 282 g/mol. The Morgan fingerprint density at radius 1 is 1.38 bits per heavy atom. The normalized spacial score (nSPS) is 10.6. The molecule has 0 aliphatic carbocycles. The summed E-state index contributed by atoms with van der Waals surface area (Å²) in [6, 6.07) is 2.11. The molecule has 0 saturated heterocycles. The van der Waals surface area contributed by atoms with Crippen LogP contribution in [-0.2, 0) is 0 Å². The van der Waals surface area contributed by atoms with Crippen LogP contribution in [0.4, 0.5) is 0 Å². The molecule has 0 bridgehead atoms. The molecular formula is C17H25NO2S. The van der Waals surface area contributed by atoms with Crippen molar-refractivity contribution in [1.82, 2.24) is 4.90 Å². The van der Waals surface area contributed by atoms with Gasteiger partial charge in [-0.2, -0.15) is 0 Å². The minimum absolute atomic E-state index is 0.0886. The maximum Gasteiger partial charge on any atom is 0.255 e. The fourth-order valence-electron chi connectivity index (χ4n) is 2.33. The first-order chi connectivity index (χ1) is 10.0. The fraction of sp³-hybridized carbons (Fsp3) is 0.588. The van der Waals surface area contributed by atoms with E-state index in [-0.39, 0.29) is 18.6 Å². The van der Waals surface area contributed by atoms with Crippen LogP contribution in [0.5, 0.6) is 0 Å². The van der Waals surface area contributed by atoms with Crippen molar-refractivity contribution in [3.8, 4) is 11.8 Å². The number of amides is 1. The van der Waals surface area contributed by atoms with Gasteiger partial charge in [0, 0.05) is 18.0 Å². The molecule has 1 heterocycles. The van der Waals surface area contributed by atoms with Gasteiger partial charge in [0.1, 0.15) is 6.61 Å². The first kappa shape index (κ1) is 17.7. The number of hydrogen-bond donors (Lipinski definition) is 1. The number of aliphatic hydroxyl groups is 1. The first-order valence-corrected chi connectivity index (χ1v) is 8.40. The molecule has 0 unspecified atom stereocenters. The van der Waals surface area contributed by atoms with Crippen molar-refractivity contribution >= 4 is 17.2 Å². The van der Waals surface area contributed by atoms with E-state index < -0.39 is 0 Å². The van der Waals surface area contributed by atoms with Crippen molar-refractivity contribution < 1.29 is 9.90 Å². The van der Waals surface area contributed by atoms with E-state index in [4.69, 9.17) is 5.11 Å². The van der Waals surface area contributed by atoms with E-state index in [1.165, 1.54) is 11.3 Å². The topological polar surface area (TPSA) is 40.5 Å². The third-order valence-corrected chi connectivity index (χ3v) is 4.19. The summed E-state index contributed by atoms with van der Waals surface area (Å²) in [7, 11) is 0. The van der Waals surface area contributed by atoms with Crippen LogP contribution in [0, 0.1) is 17.8 Å². The summed E-state index contributed by atoms with van der Waals surface area (Å²) < 4.78 is 0. The Labute approximate surface area is 132 Å². The van der Waals surface area contributed by atoms with Gasteiger partial charge in [0.05, 0.1) is 10.4 Å². The SMILES string of the molecule is CCC(CC)N(CC(C)C)C(=O)c1csc(C#CCO)c1. The zero-order chi connectivity index (χ0) is 15.8. The second-order valence-electron chi connectivity index (χ2n) is 5.48. The summed E-state index contributed by atoms with van der Waals surface area (Å²) in [4.78, 5) is 15.6. The Balaban J connectivity index is 2.96. The van der Waals surface area contributed by atoms with Crippen molar-refractivity contribution in [3.63, 3.8) is 0 Å². The van der Waals surface area contributed by atoms with Gasteiger partial charge >= 0.3 is 0 Å². The lowest BCUT2D eigenvalue weighted by atomic mass is 10.1. The van der Waals surface area contributed by atoms with Gasteiger partial charge in [-0.3, -0.25) is 4.79 Å². The third-order valence-electron chi connectivity index (χ3n) is 3.34. The first-order valence-electron chi connectivity index (χ1n) is 7.52. The Morgan fingerprint density at radius 2 is 2.05 bits per heavy atom. The van der Waals surface area contributed by atoms with Gasteiger partial charge in [0.25, 0.3) is 5.91 Å². The van der Waals surface area contributed by atoms with Gasteiger partial charge in [0.2, 0.25) is 0 Å². The van der Waals surface area contributed by atoms with Crippen LogP contribution in [-0.4, -0.2) is 35.1 Å². The molecule has 1 N–H and O–H groups in total. The zero-order valence-electron chi connectivity index (χ0n) is 13.3. The predicted molar refractivity (Wildman–Crippen MR) is 88.5 cm³/mol. The molecule has 1 amide bonds. The highest BCUT2D eigenvalue weighted by Crippen LogP contribution is 2.20. The monoisotopic (exact) mass is 307 g/mol. The van der Waals surface area contributed by atoms with Gasteiger partial charge in [-0.25, -0.2) is 0 Å². The van der Waals surface area contributed by atoms with Crippen molar-refractivity contribution in [1.29, 1.82) is 0 Å². The summed E-state index contributed by atoms with van der Waals surface area (Å²) in [5.74, 6) is 6.00. The fourth-order valence-corrected chi connectivity index (χ4v) is 3.08. The molecule has 1 aromatic heterocycles. The van der Waals surface area contributed by atoms with Gasteiger partial charge in [0.15, 0.2) is 0 Å². The molecule has 21 heavy (non-hydrogen) atoms. The number of carbonyl (C=O) groups is 1. The Hall–Kier alpha value is -1.31. The van der Waals surface area contributed by atoms with E-state index in [0.29, 0.717) is 11.5 Å². The van der Waals surface area contributed by atoms with Crippen LogP contribution in [0.2, 0.25) is 0 Å². The van der Waals surface area contributed by atoms with Gasteiger partial charge in [-0.15, -0.1) is 11.3 Å². The van der Waals surface area contributed by atoms with Crippen LogP contribution in [0.15, 0.2) is 11.4 Å². The number of rotatable bonds is 6. The number of aliphatic hydroxyl groups excluding tert-OH is 1. The van der Waals surface area contributed by atoms with Crippen LogP contribution >= 0.6 is 11.3 Å². The van der Waals surface area contributed by atoms with E-state index >= 15 is 0 Å². The summed E-state index contributed by atoms with van der Waals surface area (Å²) in [5, 5.41) is 10.6. The van der Waals surface area contributed by atoms with E-state index in [2.05, 4.69) is 39.5 Å². The van der Waals surface area contributed by atoms with Crippen LogP contribution in [0.25, 0.3) is 0 Å².